The molecule has 0 aromatic heterocycles. The summed E-state index contributed by atoms with van der Waals surface area (Å²) in [5.74, 6) is -2.76. The highest BCUT2D eigenvalue weighted by Gasteiger charge is 2.59. The maximum absolute atomic E-state index is 13.7. The fraction of sp³-hybridized carbons (Fsp3) is 0.368. The van der Waals surface area contributed by atoms with Gasteiger partial charge in [0.2, 0.25) is 23.6 Å². The lowest BCUT2D eigenvalue weighted by Crippen LogP contribution is -2.39. The smallest absolute Gasteiger partial charge is 0.244 e. The molecule has 4 rings (SSSR count). The van der Waals surface area contributed by atoms with E-state index in [9.17, 15) is 23.6 Å². The van der Waals surface area contributed by atoms with Crippen molar-refractivity contribution in [1.82, 2.24) is 4.90 Å². The van der Waals surface area contributed by atoms with Gasteiger partial charge in [-0.25, -0.2) is 4.39 Å². The highest BCUT2D eigenvalue weighted by atomic mass is 19.1. The Balaban J connectivity index is 1.44. The third-order valence-corrected chi connectivity index (χ3v) is 5.42. The molecule has 1 aliphatic heterocycles. The molecule has 3 aliphatic rings. The topological polar surface area (TPSA) is 95.6 Å². The number of fused-ring (bicyclic) bond motifs is 5. The molecule has 4 unspecified atom stereocenters. The van der Waals surface area contributed by atoms with Gasteiger partial charge >= 0.3 is 0 Å². The van der Waals surface area contributed by atoms with E-state index in [1.807, 2.05) is 12.2 Å². The number of imide groups is 1. The first-order valence-electron chi connectivity index (χ1n) is 8.75. The molecule has 1 saturated carbocycles. The van der Waals surface area contributed by atoms with Crippen molar-refractivity contribution >= 4 is 35.0 Å². The summed E-state index contributed by atoms with van der Waals surface area (Å²) in [4.78, 5) is 49.6. The van der Waals surface area contributed by atoms with Crippen molar-refractivity contribution in [1.29, 1.82) is 0 Å². The number of carbonyl (C=O) groups is 4. The Hall–Kier alpha value is -3.03. The third-order valence-electron chi connectivity index (χ3n) is 5.42. The van der Waals surface area contributed by atoms with Gasteiger partial charge in [0.25, 0.3) is 0 Å². The maximum Gasteiger partial charge on any atom is 0.244 e. The van der Waals surface area contributed by atoms with Gasteiger partial charge < -0.3 is 10.6 Å². The fourth-order valence-corrected chi connectivity index (χ4v) is 4.35. The van der Waals surface area contributed by atoms with Crippen LogP contribution in [0.15, 0.2) is 30.4 Å². The zero-order chi connectivity index (χ0) is 19.3. The van der Waals surface area contributed by atoms with Crippen molar-refractivity contribution in [2.45, 2.75) is 13.3 Å². The Morgan fingerprint density at radius 3 is 2.33 bits per heavy atom. The van der Waals surface area contributed by atoms with Gasteiger partial charge in [0, 0.05) is 12.6 Å². The molecule has 2 bridgehead atoms. The number of allylic oxidation sites excluding steroid dienone is 2. The number of nitrogens with zero attached hydrogens (tertiary/aromatic N) is 1. The van der Waals surface area contributed by atoms with Gasteiger partial charge in [-0.1, -0.05) is 12.2 Å². The van der Waals surface area contributed by atoms with Crippen LogP contribution in [-0.4, -0.2) is 35.1 Å². The minimum absolute atomic E-state index is 0.0641. The van der Waals surface area contributed by atoms with Gasteiger partial charge in [-0.05, 0) is 36.5 Å². The Kier molecular flexibility index (Phi) is 4.05. The zero-order valence-electron chi connectivity index (χ0n) is 14.6. The number of benzene rings is 1. The first-order chi connectivity index (χ1) is 12.8. The van der Waals surface area contributed by atoms with Gasteiger partial charge in [0.05, 0.1) is 17.5 Å². The molecule has 2 aliphatic carbocycles. The number of hydrogen-bond acceptors (Lipinski definition) is 4. The molecular formula is C19H18FN3O4. The van der Waals surface area contributed by atoms with Crippen LogP contribution in [-0.2, 0) is 19.2 Å². The van der Waals surface area contributed by atoms with Crippen molar-refractivity contribution in [2.75, 3.05) is 17.2 Å². The van der Waals surface area contributed by atoms with E-state index in [-0.39, 0.29) is 53.4 Å². The van der Waals surface area contributed by atoms with Gasteiger partial charge in [-0.3, -0.25) is 24.1 Å². The Labute approximate surface area is 154 Å². The Bertz CT molecular complexity index is 867. The van der Waals surface area contributed by atoms with Crippen molar-refractivity contribution in [3.05, 3.63) is 36.2 Å². The molecule has 1 heterocycles. The highest BCUT2D eigenvalue weighted by Crippen LogP contribution is 2.52. The number of hydrogen-bond donors (Lipinski definition) is 2. The van der Waals surface area contributed by atoms with Crippen molar-refractivity contribution in [3.63, 3.8) is 0 Å². The molecule has 4 atom stereocenters. The number of carbonyl (C=O) groups excluding carboxylic acids is 4. The van der Waals surface area contributed by atoms with Crippen molar-refractivity contribution in [3.8, 4) is 0 Å². The summed E-state index contributed by atoms with van der Waals surface area (Å²) in [6, 6.07) is 3.73. The van der Waals surface area contributed by atoms with Crippen molar-refractivity contribution in [2.24, 2.45) is 23.7 Å². The van der Waals surface area contributed by atoms with Crippen LogP contribution >= 0.6 is 0 Å². The minimum atomic E-state index is -0.635. The number of amides is 4. The predicted molar refractivity (Wildman–Crippen MR) is 93.8 cm³/mol. The maximum atomic E-state index is 13.7. The third kappa shape index (κ3) is 2.90. The predicted octanol–water partition coefficient (Wildman–Crippen LogP) is 1.53. The molecule has 0 spiro atoms. The van der Waals surface area contributed by atoms with Crippen LogP contribution in [0.4, 0.5) is 15.8 Å². The standard InChI is InChI=1S/C19H18FN3O4/c1-9(24)21-14-7-12(4-5-13(14)20)22-15(25)8-23-18(26)16-10-2-3-11(6-10)17(16)19(23)27/h2-5,7,10-11,16-17H,6,8H2,1H3,(H,21,24)(H,22,25). The van der Waals surface area contributed by atoms with Crippen LogP contribution in [0, 0.1) is 29.5 Å². The van der Waals surface area contributed by atoms with E-state index in [2.05, 4.69) is 10.6 Å². The van der Waals surface area contributed by atoms with Gasteiger partial charge in [-0.2, -0.15) is 0 Å². The molecule has 1 aromatic rings. The molecule has 0 radical (unpaired) electrons. The highest BCUT2D eigenvalue weighted by molar-refractivity contribution is 6.09. The van der Waals surface area contributed by atoms with E-state index < -0.39 is 17.6 Å². The Morgan fingerprint density at radius 2 is 1.74 bits per heavy atom. The second-order valence-corrected chi connectivity index (χ2v) is 7.19. The average molecular weight is 371 g/mol. The lowest BCUT2D eigenvalue weighted by atomic mass is 9.85. The number of nitrogens with one attached hydrogen (secondary N) is 2. The first kappa shape index (κ1) is 17.4. The van der Waals surface area contributed by atoms with E-state index in [1.165, 1.54) is 19.1 Å². The molecule has 1 saturated heterocycles. The summed E-state index contributed by atoms with van der Waals surface area (Å²) in [5, 5.41) is 4.86. The van der Waals surface area contributed by atoms with E-state index in [0.29, 0.717) is 0 Å². The lowest BCUT2D eigenvalue weighted by Gasteiger charge is -2.17. The summed E-state index contributed by atoms with van der Waals surface area (Å²) in [5.41, 5.74) is 0.192. The number of anilines is 2. The van der Waals surface area contributed by atoms with E-state index in [0.717, 1.165) is 17.4 Å². The Morgan fingerprint density at radius 1 is 1.11 bits per heavy atom. The zero-order valence-corrected chi connectivity index (χ0v) is 14.6. The van der Waals surface area contributed by atoms with Crippen LogP contribution in [0.5, 0.6) is 0 Å². The molecule has 8 heteroatoms. The molecule has 140 valence electrons. The minimum Gasteiger partial charge on any atom is -0.324 e. The summed E-state index contributed by atoms with van der Waals surface area (Å²) >= 11 is 0. The number of halogens is 1. The molecule has 7 nitrogen and oxygen atoms in total. The quantitative estimate of drug-likeness (QED) is 0.620. The second-order valence-electron chi connectivity index (χ2n) is 7.19. The van der Waals surface area contributed by atoms with Gasteiger partial charge in [0.15, 0.2) is 0 Å². The van der Waals surface area contributed by atoms with Gasteiger partial charge in [-0.15, -0.1) is 0 Å². The summed E-state index contributed by atoms with van der Waals surface area (Å²) in [7, 11) is 0. The van der Waals surface area contributed by atoms with Crippen LogP contribution < -0.4 is 10.6 Å². The molecule has 2 fully saturated rings. The summed E-state index contributed by atoms with van der Waals surface area (Å²) in [6.07, 6.45) is 4.81. The molecule has 27 heavy (non-hydrogen) atoms. The van der Waals surface area contributed by atoms with Crippen LogP contribution in [0.1, 0.15) is 13.3 Å². The molecule has 4 amide bonds. The van der Waals surface area contributed by atoms with E-state index >= 15 is 0 Å². The van der Waals surface area contributed by atoms with E-state index in [4.69, 9.17) is 0 Å². The largest absolute Gasteiger partial charge is 0.324 e. The SMILES string of the molecule is CC(=O)Nc1cc(NC(=O)CN2C(=O)C3C4C=CC(C4)C3C2=O)ccc1F. The lowest BCUT2D eigenvalue weighted by molar-refractivity contribution is -0.143. The first-order valence-corrected chi connectivity index (χ1v) is 8.75. The normalized spacial score (nSPS) is 27.9. The second kappa shape index (κ2) is 6.29. The number of rotatable bonds is 4. The van der Waals surface area contributed by atoms with Crippen LogP contribution in [0.3, 0.4) is 0 Å². The summed E-state index contributed by atoms with van der Waals surface area (Å²) < 4.78 is 13.7. The monoisotopic (exact) mass is 371 g/mol. The van der Waals surface area contributed by atoms with E-state index in [1.54, 1.807) is 0 Å². The van der Waals surface area contributed by atoms with Gasteiger partial charge in [0.1, 0.15) is 12.4 Å². The van der Waals surface area contributed by atoms with Crippen LogP contribution in [0.25, 0.3) is 0 Å². The molecule has 1 aromatic carbocycles. The number of likely N-dealkylation sites (tertiary alicyclic amines) is 1. The van der Waals surface area contributed by atoms with Crippen LogP contribution in [0.2, 0.25) is 0 Å². The summed E-state index contributed by atoms with van der Waals surface area (Å²) in [6.45, 7) is 0.866. The molecule has 2 N–H and O–H groups in total. The average Bonchev–Trinajstić information content (AvgIpc) is 3.27. The molecular weight excluding hydrogens is 353 g/mol. The fourth-order valence-electron chi connectivity index (χ4n) is 4.35. The van der Waals surface area contributed by atoms with Crippen molar-refractivity contribution < 1.29 is 23.6 Å².